The van der Waals surface area contributed by atoms with Crippen molar-refractivity contribution in [2.75, 3.05) is 0 Å². The zero-order chi connectivity index (χ0) is 17.4. The predicted octanol–water partition coefficient (Wildman–Crippen LogP) is 3.57. The minimum absolute atomic E-state index is 0.232. The van der Waals surface area contributed by atoms with E-state index >= 15 is 0 Å². The summed E-state index contributed by atoms with van der Waals surface area (Å²) in [5, 5.41) is 20.4. The molecule has 4 unspecified atom stereocenters. The van der Waals surface area contributed by atoms with E-state index in [2.05, 4.69) is 32.9 Å². The lowest BCUT2D eigenvalue weighted by molar-refractivity contribution is -0.120. The maximum atomic E-state index is 12.2. The molecule has 2 N–H and O–H groups in total. The van der Waals surface area contributed by atoms with Gasteiger partial charge in [0.25, 0.3) is 0 Å². The highest BCUT2D eigenvalue weighted by Crippen LogP contribution is 2.61. The highest BCUT2D eigenvalue weighted by Gasteiger charge is 2.55. The molecule has 0 radical (unpaired) electrons. The van der Waals surface area contributed by atoms with E-state index in [-0.39, 0.29) is 11.2 Å². The zero-order valence-corrected chi connectivity index (χ0v) is 15.0. The summed E-state index contributed by atoms with van der Waals surface area (Å²) in [5.74, 6) is 0.674. The van der Waals surface area contributed by atoms with Gasteiger partial charge in [0.1, 0.15) is 6.10 Å². The van der Waals surface area contributed by atoms with Gasteiger partial charge in [0.2, 0.25) is 0 Å². The Labute approximate surface area is 139 Å². The fourth-order valence-electron chi connectivity index (χ4n) is 3.65. The van der Waals surface area contributed by atoms with Crippen molar-refractivity contribution in [2.45, 2.75) is 66.1 Å². The van der Waals surface area contributed by atoms with Gasteiger partial charge in [-0.05, 0) is 74.5 Å². The summed E-state index contributed by atoms with van der Waals surface area (Å²) in [6, 6.07) is 0. The fraction of sp³-hybridized carbons (Fsp3) is 0.650. The first-order valence-electron chi connectivity index (χ1n) is 8.56. The van der Waals surface area contributed by atoms with Crippen molar-refractivity contribution in [2.24, 2.45) is 17.3 Å². The lowest BCUT2D eigenvalue weighted by Crippen LogP contribution is -2.21. The third-order valence-electron chi connectivity index (χ3n) is 5.72. The van der Waals surface area contributed by atoms with Crippen LogP contribution in [0.15, 0.2) is 34.9 Å². The Hall–Kier alpha value is -1.19. The third kappa shape index (κ3) is 4.02. The van der Waals surface area contributed by atoms with Crippen LogP contribution in [0, 0.1) is 17.3 Å². The Morgan fingerprint density at radius 2 is 1.78 bits per heavy atom. The molecule has 0 aromatic rings. The largest absolute Gasteiger partial charge is 0.388 e. The molecular formula is C20H30O3. The molecule has 23 heavy (non-hydrogen) atoms. The molecule has 1 saturated carbocycles. The SMILES string of the molecule is C/C1=C\CC(O)/C(C)=C/C(=O)C(O)/C(C)=C/C2C(CC1)C2(C)C. The number of fused-ring (bicyclic) bond motifs is 1. The summed E-state index contributed by atoms with van der Waals surface area (Å²) < 4.78 is 0. The molecule has 0 amide bonds. The van der Waals surface area contributed by atoms with Crippen LogP contribution in [0.25, 0.3) is 0 Å². The first-order valence-corrected chi connectivity index (χ1v) is 8.56. The van der Waals surface area contributed by atoms with Crippen molar-refractivity contribution >= 4 is 5.78 Å². The average Bonchev–Trinajstić information content (AvgIpc) is 3.00. The molecule has 2 aliphatic carbocycles. The highest BCUT2D eigenvalue weighted by molar-refractivity contribution is 5.96. The van der Waals surface area contributed by atoms with Gasteiger partial charge in [0.05, 0.1) is 6.10 Å². The average molecular weight is 318 g/mol. The molecule has 3 nitrogen and oxygen atoms in total. The molecule has 0 bridgehead atoms. The number of carbonyl (C=O) groups is 1. The summed E-state index contributed by atoms with van der Waals surface area (Å²) in [4.78, 5) is 12.2. The van der Waals surface area contributed by atoms with Crippen molar-refractivity contribution < 1.29 is 15.0 Å². The normalized spacial score (nSPS) is 42.2. The van der Waals surface area contributed by atoms with Gasteiger partial charge in [-0.2, -0.15) is 0 Å². The first-order chi connectivity index (χ1) is 10.6. The molecule has 3 heteroatoms. The van der Waals surface area contributed by atoms with Gasteiger partial charge in [0.15, 0.2) is 5.78 Å². The van der Waals surface area contributed by atoms with Crippen molar-refractivity contribution in [3.8, 4) is 0 Å². The van der Waals surface area contributed by atoms with Crippen LogP contribution in [-0.4, -0.2) is 28.2 Å². The second-order valence-corrected chi connectivity index (χ2v) is 7.90. The van der Waals surface area contributed by atoms with Crippen LogP contribution >= 0.6 is 0 Å². The molecule has 0 heterocycles. The van der Waals surface area contributed by atoms with Crippen molar-refractivity contribution in [3.05, 3.63) is 34.9 Å². The van der Waals surface area contributed by atoms with E-state index in [1.54, 1.807) is 6.92 Å². The molecular weight excluding hydrogens is 288 g/mol. The van der Waals surface area contributed by atoms with Crippen molar-refractivity contribution in [1.29, 1.82) is 0 Å². The second-order valence-electron chi connectivity index (χ2n) is 7.90. The van der Waals surface area contributed by atoms with E-state index in [1.807, 2.05) is 6.92 Å². The van der Waals surface area contributed by atoms with Crippen LogP contribution in [0.5, 0.6) is 0 Å². The molecule has 128 valence electrons. The number of allylic oxidation sites excluding steroid dienone is 2. The van der Waals surface area contributed by atoms with Gasteiger partial charge in [-0.1, -0.05) is 31.6 Å². The van der Waals surface area contributed by atoms with Gasteiger partial charge < -0.3 is 10.2 Å². The monoisotopic (exact) mass is 318 g/mol. The van der Waals surface area contributed by atoms with Crippen LogP contribution in [-0.2, 0) is 4.79 Å². The topological polar surface area (TPSA) is 57.5 Å². The number of aliphatic hydroxyl groups excluding tert-OH is 2. The summed E-state index contributed by atoms with van der Waals surface area (Å²) in [5.41, 5.74) is 2.85. The fourth-order valence-corrected chi connectivity index (χ4v) is 3.65. The molecule has 0 aromatic carbocycles. The van der Waals surface area contributed by atoms with E-state index in [1.165, 1.54) is 11.6 Å². The molecule has 0 spiro atoms. The molecule has 4 atom stereocenters. The van der Waals surface area contributed by atoms with Crippen LogP contribution < -0.4 is 0 Å². The van der Waals surface area contributed by atoms with Gasteiger partial charge in [-0.25, -0.2) is 0 Å². The Kier molecular flexibility index (Phi) is 5.32. The van der Waals surface area contributed by atoms with E-state index in [0.717, 1.165) is 18.4 Å². The van der Waals surface area contributed by atoms with Crippen molar-refractivity contribution in [3.63, 3.8) is 0 Å². The van der Waals surface area contributed by atoms with E-state index in [0.29, 0.717) is 23.8 Å². The number of rotatable bonds is 0. The van der Waals surface area contributed by atoms with Gasteiger partial charge >= 0.3 is 0 Å². The Balaban J connectivity index is 2.30. The molecule has 0 aliphatic heterocycles. The Morgan fingerprint density at radius 1 is 1.13 bits per heavy atom. The molecule has 2 rings (SSSR count). The van der Waals surface area contributed by atoms with Gasteiger partial charge in [0, 0.05) is 0 Å². The van der Waals surface area contributed by atoms with Gasteiger partial charge in [-0.3, -0.25) is 4.79 Å². The van der Waals surface area contributed by atoms with Crippen LogP contribution in [0.4, 0.5) is 0 Å². The molecule has 1 fully saturated rings. The Bertz CT molecular complexity index is 565. The summed E-state index contributed by atoms with van der Waals surface area (Å²) >= 11 is 0. The number of carbonyl (C=O) groups excluding carboxylic acids is 1. The van der Waals surface area contributed by atoms with Crippen LogP contribution in [0.3, 0.4) is 0 Å². The number of hydrogen-bond acceptors (Lipinski definition) is 3. The maximum Gasteiger partial charge on any atom is 0.188 e. The van der Waals surface area contributed by atoms with E-state index in [4.69, 9.17) is 0 Å². The lowest BCUT2D eigenvalue weighted by atomic mass is 9.98. The standard InChI is InChI=1S/C20H30O3/c1-12-6-8-15-16(20(15,4)5)10-14(3)19(23)18(22)11-13(2)17(21)9-7-12/h7,10-11,15-17,19,21,23H,6,8-9H2,1-5H3/b12-7+,13-11+,14-10+. The predicted molar refractivity (Wildman–Crippen MR) is 92.9 cm³/mol. The van der Waals surface area contributed by atoms with Crippen molar-refractivity contribution in [1.82, 2.24) is 0 Å². The number of ketones is 1. The Morgan fingerprint density at radius 3 is 2.43 bits per heavy atom. The maximum absolute atomic E-state index is 12.2. The van der Waals surface area contributed by atoms with Crippen LogP contribution in [0.2, 0.25) is 0 Å². The molecule has 0 saturated heterocycles. The quantitative estimate of drug-likeness (QED) is 0.671. The van der Waals surface area contributed by atoms with E-state index < -0.39 is 12.2 Å². The molecule has 2 aliphatic rings. The van der Waals surface area contributed by atoms with E-state index in [9.17, 15) is 15.0 Å². The highest BCUT2D eigenvalue weighted by atomic mass is 16.3. The minimum Gasteiger partial charge on any atom is -0.388 e. The van der Waals surface area contributed by atoms with Crippen LogP contribution in [0.1, 0.15) is 53.9 Å². The molecule has 0 aromatic heterocycles. The minimum atomic E-state index is -1.10. The van der Waals surface area contributed by atoms with Gasteiger partial charge in [-0.15, -0.1) is 0 Å². The zero-order valence-electron chi connectivity index (χ0n) is 15.0. The number of aliphatic hydroxyl groups is 2. The smallest absolute Gasteiger partial charge is 0.188 e. The number of hydrogen-bond donors (Lipinski definition) is 2. The third-order valence-corrected chi connectivity index (χ3v) is 5.72. The summed E-state index contributed by atoms with van der Waals surface area (Å²) in [7, 11) is 0. The summed E-state index contributed by atoms with van der Waals surface area (Å²) in [6.45, 7) is 10.2. The second kappa shape index (κ2) is 6.74. The first kappa shape index (κ1) is 18.2. The lowest BCUT2D eigenvalue weighted by Gasteiger charge is -2.13. The summed E-state index contributed by atoms with van der Waals surface area (Å²) in [6.07, 6.45) is 6.43.